The number of hydrogen-bond donors (Lipinski definition) is 1. The molecule has 2 rings (SSSR count). The summed E-state index contributed by atoms with van der Waals surface area (Å²) < 4.78 is 29.5. The normalized spacial score (nSPS) is 10.7. The van der Waals surface area contributed by atoms with Crippen LogP contribution in [0.2, 0.25) is 0 Å². The van der Waals surface area contributed by atoms with Crippen molar-refractivity contribution in [3.05, 3.63) is 65.7 Å². The maximum absolute atomic E-state index is 12.5. The summed E-state index contributed by atoms with van der Waals surface area (Å²) in [5.74, 6) is 0.215. The van der Waals surface area contributed by atoms with E-state index in [2.05, 4.69) is 9.64 Å². The Bertz CT molecular complexity index is 570. The Morgan fingerprint density at radius 2 is 1.61 bits per heavy atom. The summed E-state index contributed by atoms with van der Waals surface area (Å²) in [6, 6.07) is 16.8. The summed E-state index contributed by atoms with van der Waals surface area (Å²) in [7, 11) is 0. The molecule has 0 aliphatic carbocycles. The highest BCUT2D eigenvalue weighted by Gasteiger charge is 2.12. The molecular weight excluding hydrogens is 322 g/mol. The lowest BCUT2D eigenvalue weighted by atomic mass is 10.1. The molecule has 126 valence electrons. The molecule has 6 heteroatoms. The molecule has 0 aliphatic heterocycles. The zero-order valence-corrected chi connectivity index (χ0v) is 13.5. The Balaban J connectivity index is 0.00000264. The Labute approximate surface area is 141 Å². The van der Waals surface area contributed by atoms with E-state index in [1.54, 1.807) is 18.2 Å². The Morgan fingerprint density at radius 3 is 2.26 bits per heavy atom. The zero-order valence-electron chi connectivity index (χ0n) is 12.7. The first-order chi connectivity index (χ1) is 10.7. The second-order valence-corrected chi connectivity index (χ2v) is 4.97. The van der Waals surface area contributed by atoms with Crippen LogP contribution in [0.5, 0.6) is 5.75 Å². The molecular formula is C17H21ClF2N2O. The fourth-order valence-corrected chi connectivity index (χ4v) is 2.32. The fourth-order valence-electron chi connectivity index (χ4n) is 2.32. The van der Waals surface area contributed by atoms with E-state index >= 15 is 0 Å². The molecule has 0 unspecified atom stereocenters. The predicted molar refractivity (Wildman–Crippen MR) is 89.9 cm³/mol. The first-order valence-electron chi connectivity index (χ1n) is 7.18. The number of para-hydroxylation sites is 1. The van der Waals surface area contributed by atoms with Crippen LogP contribution in [0.15, 0.2) is 54.6 Å². The topological polar surface area (TPSA) is 38.5 Å². The third-order valence-electron chi connectivity index (χ3n) is 3.28. The van der Waals surface area contributed by atoms with Crippen molar-refractivity contribution in [1.29, 1.82) is 0 Å². The second kappa shape index (κ2) is 10.2. The minimum absolute atomic E-state index is 0. The molecule has 0 fully saturated rings. The van der Waals surface area contributed by atoms with Crippen LogP contribution in [0.3, 0.4) is 0 Å². The average Bonchev–Trinajstić information content (AvgIpc) is 2.50. The lowest BCUT2D eigenvalue weighted by Gasteiger charge is -2.23. The predicted octanol–water partition coefficient (Wildman–Crippen LogP) is 3.67. The van der Waals surface area contributed by atoms with Crippen LogP contribution < -0.4 is 10.5 Å². The number of ether oxygens (including phenoxy) is 1. The van der Waals surface area contributed by atoms with Gasteiger partial charge in [-0.25, -0.2) is 0 Å². The monoisotopic (exact) mass is 342 g/mol. The van der Waals surface area contributed by atoms with Crippen molar-refractivity contribution in [1.82, 2.24) is 4.90 Å². The van der Waals surface area contributed by atoms with E-state index in [4.69, 9.17) is 5.73 Å². The molecule has 2 aromatic carbocycles. The van der Waals surface area contributed by atoms with Gasteiger partial charge in [0, 0.05) is 31.7 Å². The van der Waals surface area contributed by atoms with Crippen molar-refractivity contribution in [3.63, 3.8) is 0 Å². The smallest absolute Gasteiger partial charge is 0.387 e. The number of halogens is 3. The van der Waals surface area contributed by atoms with E-state index in [0.29, 0.717) is 26.2 Å². The molecule has 0 saturated carbocycles. The molecule has 0 bridgehead atoms. The first kappa shape index (κ1) is 19.4. The summed E-state index contributed by atoms with van der Waals surface area (Å²) in [5, 5.41) is 0. The van der Waals surface area contributed by atoms with E-state index in [9.17, 15) is 8.78 Å². The Kier molecular flexibility index (Phi) is 8.55. The van der Waals surface area contributed by atoms with E-state index in [-0.39, 0.29) is 18.2 Å². The largest absolute Gasteiger partial charge is 0.434 e. The van der Waals surface area contributed by atoms with E-state index < -0.39 is 6.61 Å². The molecule has 0 atom stereocenters. The molecule has 0 aliphatic rings. The molecule has 0 aromatic heterocycles. The molecule has 23 heavy (non-hydrogen) atoms. The molecule has 2 aromatic rings. The number of hydrogen-bond acceptors (Lipinski definition) is 3. The van der Waals surface area contributed by atoms with Gasteiger partial charge in [-0.3, -0.25) is 4.90 Å². The number of rotatable bonds is 8. The van der Waals surface area contributed by atoms with Crippen molar-refractivity contribution >= 4 is 12.4 Å². The van der Waals surface area contributed by atoms with Gasteiger partial charge in [0.2, 0.25) is 0 Å². The molecule has 0 radical (unpaired) electrons. The van der Waals surface area contributed by atoms with E-state index in [0.717, 1.165) is 11.1 Å². The third kappa shape index (κ3) is 6.52. The summed E-state index contributed by atoms with van der Waals surface area (Å²) in [5.41, 5.74) is 7.55. The zero-order chi connectivity index (χ0) is 15.8. The van der Waals surface area contributed by atoms with Gasteiger partial charge in [-0.15, -0.1) is 12.4 Å². The van der Waals surface area contributed by atoms with Gasteiger partial charge in [-0.1, -0.05) is 48.5 Å². The molecule has 0 heterocycles. The Hall–Kier alpha value is -1.69. The lowest BCUT2D eigenvalue weighted by Crippen LogP contribution is -2.29. The van der Waals surface area contributed by atoms with Crippen LogP contribution >= 0.6 is 12.4 Å². The summed E-state index contributed by atoms with van der Waals surface area (Å²) in [4.78, 5) is 2.11. The molecule has 2 N–H and O–H groups in total. The van der Waals surface area contributed by atoms with Crippen LogP contribution in [0.25, 0.3) is 0 Å². The minimum Gasteiger partial charge on any atom is -0.434 e. The quantitative estimate of drug-likeness (QED) is 0.795. The second-order valence-electron chi connectivity index (χ2n) is 4.97. The maximum Gasteiger partial charge on any atom is 0.387 e. The third-order valence-corrected chi connectivity index (χ3v) is 3.28. The molecule has 0 saturated heterocycles. The van der Waals surface area contributed by atoms with Crippen LogP contribution in [0.4, 0.5) is 8.78 Å². The molecule has 3 nitrogen and oxygen atoms in total. The van der Waals surface area contributed by atoms with Gasteiger partial charge in [0.05, 0.1) is 0 Å². The standard InChI is InChI=1S/C17H20F2N2O.ClH/c18-17(19)22-16-9-5-4-8-15(16)13-21(11-10-20)12-14-6-2-1-3-7-14;/h1-9,17H,10-13,20H2;1H. The lowest BCUT2D eigenvalue weighted by molar-refractivity contribution is -0.0508. The molecule has 0 spiro atoms. The minimum atomic E-state index is -2.82. The van der Waals surface area contributed by atoms with E-state index in [1.807, 2.05) is 36.4 Å². The number of benzene rings is 2. The van der Waals surface area contributed by atoms with Gasteiger partial charge in [0.25, 0.3) is 0 Å². The summed E-state index contributed by atoms with van der Waals surface area (Å²) in [6.45, 7) is -0.420. The van der Waals surface area contributed by atoms with Crippen LogP contribution in [0.1, 0.15) is 11.1 Å². The highest BCUT2D eigenvalue weighted by atomic mass is 35.5. The van der Waals surface area contributed by atoms with Crippen molar-refractivity contribution in [2.75, 3.05) is 13.1 Å². The highest BCUT2D eigenvalue weighted by Crippen LogP contribution is 2.22. The van der Waals surface area contributed by atoms with Crippen molar-refractivity contribution < 1.29 is 13.5 Å². The first-order valence-corrected chi connectivity index (χ1v) is 7.18. The number of nitrogens with two attached hydrogens (primary N) is 1. The van der Waals surface area contributed by atoms with Gasteiger partial charge >= 0.3 is 6.61 Å². The van der Waals surface area contributed by atoms with Crippen LogP contribution in [-0.4, -0.2) is 24.6 Å². The van der Waals surface area contributed by atoms with Crippen molar-refractivity contribution in [2.24, 2.45) is 5.73 Å². The van der Waals surface area contributed by atoms with Gasteiger partial charge in [0.1, 0.15) is 5.75 Å². The van der Waals surface area contributed by atoms with Gasteiger partial charge in [0.15, 0.2) is 0 Å². The number of nitrogens with zero attached hydrogens (tertiary/aromatic N) is 1. The summed E-state index contributed by atoms with van der Waals surface area (Å²) >= 11 is 0. The SMILES string of the molecule is Cl.NCCN(Cc1ccccc1)Cc1ccccc1OC(F)F. The van der Waals surface area contributed by atoms with Crippen molar-refractivity contribution in [3.8, 4) is 5.75 Å². The maximum atomic E-state index is 12.5. The highest BCUT2D eigenvalue weighted by molar-refractivity contribution is 5.85. The summed E-state index contributed by atoms with van der Waals surface area (Å²) in [6.07, 6.45) is 0. The van der Waals surface area contributed by atoms with Crippen molar-refractivity contribution in [2.45, 2.75) is 19.7 Å². The van der Waals surface area contributed by atoms with Crippen LogP contribution in [0, 0.1) is 0 Å². The van der Waals surface area contributed by atoms with Gasteiger partial charge in [-0.2, -0.15) is 8.78 Å². The molecule has 0 amide bonds. The van der Waals surface area contributed by atoms with Gasteiger partial charge in [-0.05, 0) is 11.6 Å². The number of alkyl halides is 2. The van der Waals surface area contributed by atoms with E-state index in [1.165, 1.54) is 0 Å². The Morgan fingerprint density at radius 1 is 0.957 bits per heavy atom. The van der Waals surface area contributed by atoms with Crippen LogP contribution in [-0.2, 0) is 13.1 Å². The van der Waals surface area contributed by atoms with Gasteiger partial charge < -0.3 is 10.5 Å². The average molecular weight is 343 g/mol. The fraction of sp³-hybridized carbons (Fsp3) is 0.294.